The molecule has 0 saturated heterocycles. The smallest absolute Gasteiger partial charge is 0.251 e. The summed E-state index contributed by atoms with van der Waals surface area (Å²) in [6, 6.07) is 5.81. The van der Waals surface area contributed by atoms with Gasteiger partial charge in [-0.1, -0.05) is 19.3 Å². The molecule has 7 heteroatoms. The Labute approximate surface area is 143 Å². The Bertz CT molecular complexity index is 650. The van der Waals surface area contributed by atoms with Gasteiger partial charge < -0.3 is 10.4 Å². The molecule has 0 bridgehead atoms. The fraction of sp³-hybridized carbons (Fsp3) is 0.588. The van der Waals surface area contributed by atoms with Crippen LogP contribution in [0.2, 0.25) is 0 Å². The molecule has 0 aliphatic heterocycles. The lowest BCUT2D eigenvalue weighted by Crippen LogP contribution is -2.37. The van der Waals surface area contributed by atoms with Crippen molar-refractivity contribution >= 4 is 15.9 Å². The fourth-order valence-electron chi connectivity index (χ4n) is 2.97. The van der Waals surface area contributed by atoms with Crippen molar-refractivity contribution < 1.29 is 18.3 Å². The molecule has 0 spiro atoms. The predicted molar refractivity (Wildman–Crippen MR) is 92.2 cm³/mol. The number of benzene rings is 1. The summed E-state index contributed by atoms with van der Waals surface area (Å²) in [4.78, 5) is 12.3. The lowest BCUT2D eigenvalue weighted by molar-refractivity contribution is 0.0738. The second-order valence-electron chi connectivity index (χ2n) is 6.49. The van der Waals surface area contributed by atoms with Crippen molar-refractivity contribution in [2.75, 3.05) is 20.6 Å². The SMILES string of the molecule is CN(C)S(=O)(=O)c1ccc(C(=O)NCC(O)C2CCCCC2)cc1. The van der Waals surface area contributed by atoms with Gasteiger partial charge in [-0.3, -0.25) is 4.79 Å². The maximum Gasteiger partial charge on any atom is 0.251 e. The van der Waals surface area contributed by atoms with Gasteiger partial charge in [0.1, 0.15) is 0 Å². The molecule has 1 fully saturated rings. The third-order valence-corrected chi connectivity index (χ3v) is 6.39. The Balaban J connectivity index is 1.93. The van der Waals surface area contributed by atoms with Crippen molar-refractivity contribution in [3.8, 4) is 0 Å². The third kappa shape index (κ3) is 4.55. The van der Waals surface area contributed by atoms with E-state index in [1.54, 1.807) is 0 Å². The number of aliphatic hydroxyl groups excluding tert-OH is 1. The van der Waals surface area contributed by atoms with Crippen molar-refractivity contribution in [2.24, 2.45) is 5.92 Å². The first-order chi connectivity index (χ1) is 11.3. The van der Waals surface area contributed by atoms with Crippen LogP contribution in [0, 0.1) is 5.92 Å². The van der Waals surface area contributed by atoms with Crippen molar-refractivity contribution in [3.05, 3.63) is 29.8 Å². The second-order valence-corrected chi connectivity index (χ2v) is 8.64. The van der Waals surface area contributed by atoms with Crippen LogP contribution in [-0.4, -0.2) is 50.5 Å². The number of hydrogen-bond acceptors (Lipinski definition) is 4. The zero-order valence-electron chi connectivity index (χ0n) is 14.2. The van der Waals surface area contributed by atoms with E-state index in [-0.39, 0.29) is 23.3 Å². The largest absolute Gasteiger partial charge is 0.391 e. The first kappa shape index (κ1) is 18.9. The number of nitrogens with zero attached hydrogens (tertiary/aromatic N) is 1. The van der Waals surface area contributed by atoms with Crippen molar-refractivity contribution in [2.45, 2.75) is 43.1 Å². The second kappa shape index (κ2) is 8.09. The number of sulfonamides is 1. The molecule has 0 radical (unpaired) electrons. The first-order valence-electron chi connectivity index (χ1n) is 8.31. The van der Waals surface area contributed by atoms with E-state index in [1.165, 1.54) is 44.8 Å². The first-order valence-corrected chi connectivity index (χ1v) is 9.75. The van der Waals surface area contributed by atoms with Crippen molar-refractivity contribution in [1.82, 2.24) is 9.62 Å². The third-order valence-electron chi connectivity index (χ3n) is 4.56. The molecule has 1 aromatic carbocycles. The van der Waals surface area contributed by atoms with Gasteiger partial charge in [0.25, 0.3) is 5.91 Å². The zero-order valence-corrected chi connectivity index (χ0v) is 15.1. The van der Waals surface area contributed by atoms with Gasteiger partial charge in [-0.25, -0.2) is 12.7 Å². The molecule has 1 saturated carbocycles. The molecule has 6 nitrogen and oxygen atoms in total. The van der Waals surface area contributed by atoms with Gasteiger partial charge >= 0.3 is 0 Å². The summed E-state index contributed by atoms with van der Waals surface area (Å²) in [7, 11) is -0.576. The van der Waals surface area contributed by atoms with E-state index >= 15 is 0 Å². The van der Waals surface area contributed by atoms with Gasteiger partial charge in [0.15, 0.2) is 0 Å². The van der Waals surface area contributed by atoms with Crippen LogP contribution < -0.4 is 5.32 Å². The van der Waals surface area contributed by atoms with Crippen LogP contribution in [0.25, 0.3) is 0 Å². The van der Waals surface area contributed by atoms with Gasteiger partial charge in [-0.05, 0) is 43.0 Å². The highest BCUT2D eigenvalue weighted by molar-refractivity contribution is 7.89. The molecule has 0 heterocycles. The van der Waals surface area contributed by atoms with E-state index in [9.17, 15) is 18.3 Å². The van der Waals surface area contributed by atoms with Gasteiger partial charge in [-0.2, -0.15) is 0 Å². The average Bonchev–Trinajstić information content (AvgIpc) is 2.60. The monoisotopic (exact) mass is 354 g/mol. The molecule has 0 aromatic heterocycles. The molecular formula is C17H26N2O4S. The quantitative estimate of drug-likeness (QED) is 0.812. The van der Waals surface area contributed by atoms with E-state index in [0.29, 0.717) is 5.56 Å². The maximum absolute atomic E-state index is 12.1. The molecule has 134 valence electrons. The predicted octanol–water partition coefficient (Wildman–Crippen LogP) is 1.61. The Morgan fingerprint density at radius 1 is 1.21 bits per heavy atom. The Morgan fingerprint density at radius 2 is 1.79 bits per heavy atom. The summed E-state index contributed by atoms with van der Waals surface area (Å²) in [6.07, 6.45) is 4.98. The molecule has 1 aromatic rings. The normalized spacial score (nSPS) is 17.7. The Kier molecular flexibility index (Phi) is 6.37. The van der Waals surface area contributed by atoms with Crippen LogP contribution in [0.4, 0.5) is 0 Å². The van der Waals surface area contributed by atoms with Gasteiger partial charge in [0.2, 0.25) is 10.0 Å². The Morgan fingerprint density at radius 3 is 2.33 bits per heavy atom. The Hall–Kier alpha value is -1.44. The summed E-state index contributed by atoms with van der Waals surface area (Å²) in [5.74, 6) is -0.0506. The fourth-order valence-corrected chi connectivity index (χ4v) is 3.88. The lowest BCUT2D eigenvalue weighted by Gasteiger charge is -2.26. The van der Waals surface area contributed by atoms with Crippen LogP contribution >= 0.6 is 0 Å². The molecule has 1 aliphatic carbocycles. The summed E-state index contributed by atoms with van der Waals surface area (Å²) in [5.41, 5.74) is 0.378. The summed E-state index contributed by atoms with van der Waals surface area (Å²) in [6.45, 7) is 0.223. The number of aliphatic hydroxyl groups is 1. The average molecular weight is 354 g/mol. The lowest BCUT2D eigenvalue weighted by atomic mass is 9.85. The van der Waals surface area contributed by atoms with Crippen molar-refractivity contribution in [1.29, 1.82) is 0 Å². The van der Waals surface area contributed by atoms with E-state index in [1.807, 2.05) is 0 Å². The van der Waals surface area contributed by atoms with Gasteiger partial charge in [0.05, 0.1) is 11.0 Å². The minimum atomic E-state index is -3.50. The minimum absolute atomic E-state index is 0.145. The van der Waals surface area contributed by atoms with Crippen LogP contribution in [0.3, 0.4) is 0 Å². The molecular weight excluding hydrogens is 328 g/mol. The highest BCUT2D eigenvalue weighted by Gasteiger charge is 2.22. The minimum Gasteiger partial charge on any atom is -0.391 e. The highest BCUT2D eigenvalue weighted by atomic mass is 32.2. The topological polar surface area (TPSA) is 86.7 Å². The molecule has 1 unspecified atom stereocenters. The molecule has 1 atom stereocenters. The van der Waals surface area contributed by atoms with Crippen LogP contribution in [0.1, 0.15) is 42.5 Å². The number of amides is 1. The standard InChI is InChI=1S/C17H26N2O4S/c1-19(2)24(22,23)15-10-8-14(9-11-15)17(21)18-12-16(20)13-6-4-3-5-7-13/h8-11,13,16,20H,3-7,12H2,1-2H3,(H,18,21). The van der Waals surface area contributed by atoms with E-state index in [0.717, 1.165) is 30.0 Å². The summed E-state index contributed by atoms with van der Waals surface area (Å²) >= 11 is 0. The van der Waals surface area contributed by atoms with E-state index in [4.69, 9.17) is 0 Å². The number of carbonyl (C=O) groups excluding carboxylic acids is 1. The number of hydrogen-bond donors (Lipinski definition) is 2. The summed E-state index contributed by atoms with van der Waals surface area (Å²) < 4.78 is 25.1. The molecule has 1 aliphatic rings. The molecule has 24 heavy (non-hydrogen) atoms. The van der Waals surface area contributed by atoms with E-state index in [2.05, 4.69) is 5.32 Å². The molecule has 2 rings (SSSR count). The van der Waals surface area contributed by atoms with Crippen LogP contribution in [-0.2, 0) is 10.0 Å². The zero-order chi connectivity index (χ0) is 17.7. The van der Waals surface area contributed by atoms with E-state index < -0.39 is 16.1 Å². The number of rotatable bonds is 6. The number of carbonyl (C=O) groups is 1. The maximum atomic E-state index is 12.1. The van der Waals surface area contributed by atoms with Crippen LogP contribution in [0.5, 0.6) is 0 Å². The summed E-state index contributed by atoms with van der Waals surface area (Å²) in [5, 5.41) is 12.9. The number of nitrogens with one attached hydrogen (secondary N) is 1. The van der Waals surface area contributed by atoms with Crippen molar-refractivity contribution in [3.63, 3.8) is 0 Å². The van der Waals surface area contributed by atoms with Gasteiger partial charge in [-0.15, -0.1) is 0 Å². The van der Waals surface area contributed by atoms with Gasteiger partial charge in [0, 0.05) is 26.2 Å². The highest BCUT2D eigenvalue weighted by Crippen LogP contribution is 2.26. The molecule has 2 N–H and O–H groups in total. The molecule has 1 amide bonds. The van der Waals surface area contributed by atoms with Crippen LogP contribution in [0.15, 0.2) is 29.2 Å².